The summed E-state index contributed by atoms with van der Waals surface area (Å²) in [5.74, 6) is 1.09. The lowest BCUT2D eigenvalue weighted by molar-refractivity contribution is -0.142. The smallest absolute Gasteiger partial charge is 0.225 e. The van der Waals surface area contributed by atoms with Gasteiger partial charge in [-0.1, -0.05) is 17.7 Å². The van der Waals surface area contributed by atoms with Crippen LogP contribution in [0.25, 0.3) is 0 Å². The minimum Gasteiger partial charge on any atom is -0.490 e. The van der Waals surface area contributed by atoms with E-state index in [1.807, 2.05) is 17.0 Å². The van der Waals surface area contributed by atoms with Crippen molar-refractivity contribution in [2.45, 2.75) is 57.3 Å². The minimum atomic E-state index is -0.442. The summed E-state index contributed by atoms with van der Waals surface area (Å²) in [6.07, 6.45) is 3.25. The highest BCUT2D eigenvalue weighted by atomic mass is 16.5. The molecule has 1 saturated heterocycles. The van der Waals surface area contributed by atoms with E-state index in [1.54, 1.807) is 7.11 Å². The van der Waals surface area contributed by atoms with E-state index in [9.17, 15) is 9.90 Å². The van der Waals surface area contributed by atoms with Gasteiger partial charge in [-0.05, 0) is 38.3 Å². The zero-order valence-corrected chi connectivity index (χ0v) is 15.2. The monoisotopic (exact) mass is 347 g/mol. The third-order valence-corrected chi connectivity index (χ3v) is 5.49. The molecule has 0 unspecified atom stereocenters. The van der Waals surface area contributed by atoms with E-state index in [4.69, 9.17) is 9.47 Å². The summed E-state index contributed by atoms with van der Waals surface area (Å²) in [7, 11) is 1.61. The quantitative estimate of drug-likeness (QED) is 0.909. The number of benzene rings is 1. The van der Waals surface area contributed by atoms with Crippen molar-refractivity contribution in [3.63, 3.8) is 0 Å². The second kappa shape index (κ2) is 8.19. The summed E-state index contributed by atoms with van der Waals surface area (Å²) >= 11 is 0. The van der Waals surface area contributed by atoms with Crippen LogP contribution < -0.4 is 4.74 Å². The molecule has 1 saturated carbocycles. The Morgan fingerprint density at radius 1 is 1.12 bits per heavy atom. The molecule has 2 fully saturated rings. The number of aryl methyl sites for hydroxylation is 1. The van der Waals surface area contributed by atoms with Crippen molar-refractivity contribution in [3.8, 4) is 5.75 Å². The second-order valence-electron chi connectivity index (χ2n) is 7.31. The fourth-order valence-electron chi connectivity index (χ4n) is 3.85. The number of hydrogen-bond donors (Lipinski definition) is 1. The number of carbonyl (C=O) groups excluding carboxylic acids is 1. The topological polar surface area (TPSA) is 59.0 Å². The normalized spacial score (nSPS) is 28.0. The molecule has 0 spiro atoms. The lowest BCUT2D eigenvalue weighted by atomic mass is 9.84. The first-order chi connectivity index (χ1) is 12.1. The first-order valence-corrected chi connectivity index (χ1v) is 9.30. The van der Waals surface area contributed by atoms with E-state index in [2.05, 4.69) is 19.1 Å². The summed E-state index contributed by atoms with van der Waals surface area (Å²) in [5.41, 5.74) is 1.22. The molecule has 3 rings (SSSR count). The Morgan fingerprint density at radius 3 is 2.44 bits per heavy atom. The van der Waals surface area contributed by atoms with Gasteiger partial charge >= 0.3 is 0 Å². The molecule has 5 heteroatoms. The van der Waals surface area contributed by atoms with Crippen LogP contribution in [0.4, 0.5) is 0 Å². The Bertz CT molecular complexity index is 566. The molecule has 5 nitrogen and oxygen atoms in total. The maximum Gasteiger partial charge on any atom is 0.225 e. The number of aliphatic hydroxyl groups excluding tert-OH is 1. The van der Waals surface area contributed by atoms with Crippen LogP contribution in [0.15, 0.2) is 24.3 Å². The molecule has 0 aromatic heterocycles. The summed E-state index contributed by atoms with van der Waals surface area (Å²) < 4.78 is 11.4. The van der Waals surface area contributed by atoms with Gasteiger partial charge in [-0.15, -0.1) is 0 Å². The van der Waals surface area contributed by atoms with E-state index in [-0.39, 0.29) is 24.0 Å². The fourth-order valence-corrected chi connectivity index (χ4v) is 3.85. The van der Waals surface area contributed by atoms with Crippen molar-refractivity contribution >= 4 is 5.91 Å². The SMILES string of the molecule is CO[C@@H]1C[C@H](C(=O)N2CCC(Oc3ccc(C)cc3)CC2)CC[C@@H]1O. The first-order valence-electron chi connectivity index (χ1n) is 9.30. The molecule has 1 heterocycles. The van der Waals surface area contributed by atoms with Crippen molar-refractivity contribution < 1.29 is 19.4 Å². The average molecular weight is 347 g/mol. The van der Waals surface area contributed by atoms with Gasteiger partial charge in [-0.2, -0.15) is 0 Å². The van der Waals surface area contributed by atoms with Crippen LogP contribution in [-0.4, -0.2) is 54.4 Å². The molecule has 3 atom stereocenters. The number of ether oxygens (including phenoxy) is 2. The Hall–Kier alpha value is -1.59. The number of methoxy groups -OCH3 is 1. The Kier molecular flexibility index (Phi) is 5.97. The van der Waals surface area contributed by atoms with Gasteiger partial charge in [0.15, 0.2) is 0 Å². The molecule has 2 aliphatic rings. The molecule has 25 heavy (non-hydrogen) atoms. The number of rotatable bonds is 4. The predicted octanol–water partition coefficient (Wildman–Crippen LogP) is 2.54. The number of piperidine rings is 1. The van der Waals surface area contributed by atoms with Crippen molar-refractivity contribution in [2.75, 3.05) is 20.2 Å². The Morgan fingerprint density at radius 2 is 1.80 bits per heavy atom. The number of hydrogen-bond acceptors (Lipinski definition) is 4. The number of nitrogens with zero attached hydrogens (tertiary/aromatic N) is 1. The third kappa shape index (κ3) is 4.53. The molecular formula is C20H29NO4. The Balaban J connectivity index is 1.48. The zero-order valence-electron chi connectivity index (χ0n) is 15.2. The lowest BCUT2D eigenvalue weighted by Gasteiger charge is -2.37. The molecule has 0 bridgehead atoms. The number of carbonyl (C=O) groups is 1. The molecule has 1 aliphatic carbocycles. The summed E-state index contributed by atoms with van der Waals surface area (Å²) in [4.78, 5) is 14.7. The second-order valence-corrected chi connectivity index (χ2v) is 7.31. The fraction of sp³-hybridized carbons (Fsp3) is 0.650. The van der Waals surface area contributed by atoms with Crippen molar-refractivity contribution in [1.29, 1.82) is 0 Å². The first kappa shape index (κ1) is 18.2. The highest BCUT2D eigenvalue weighted by Crippen LogP contribution is 2.29. The highest BCUT2D eigenvalue weighted by molar-refractivity contribution is 5.79. The highest BCUT2D eigenvalue weighted by Gasteiger charge is 2.36. The molecule has 1 aliphatic heterocycles. The van der Waals surface area contributed by atoms with Gasteiger partial charge in [0.25, 0.3) is 0 Å². The summed E-state index contributed by atoms with van der Waals surface area (Å²) in [6, 6.07) is 8.12. The number of amides is 1. The van der Waals surface area contributed by atoms with Crippen molar-refractivity contribution in [2.24, 2.45) is 5.92 Å². The van der Waals surface area contributed by atoms with E-state index in [1.165, 1.54) is 5.56 Å². The van der Waals surface area contributed by atoms with E-state index < -0.39 is 6.10 Å². The summed E-state index contributed by atoms with van der Waals surface area (Å²) in [6.45, 7) is 3.55. The maximum absolute atomic E-state index is 12.8. The van der Waals surface area contributed by atoms with Gasteiger partial charge in [0.1, 0.15) is 11.9 Å². The van der Waals surface area contributed by atoms with Gasteiger partial charge in [-0.25, -0.2) is 0 Å². The van der Waals surface area contributed by atoms with Crippen LogP contribution in [-0.2, 0) is 9.53 Å². The molecule has 1 N–H and O–H groups in total. The molecule has 1 aromatic carbocycles. The van der Waals surface area contributed by atoms with Gasteiger partial charge < -0.3 is 19.5 Å². The van der Waals surface area contributed by atoms with Crippen LogP contribution >= 0.6 is 0 Å². The van der Waals surface area contributed by atoms with Gasteiger partial charge in [0, 0.05) is 39.0 Å². The zero-order chi connectivity index (χ0) is 17.8. The number of aliphatic hydroxyl groups is 1. The minimum absolute atomic E-state index is 0.0251. The average Bonchev–Trinajstić information content (AvgIpc) is 2.64. The van der Waals surface area contributed by atoms with Gasteiger partial charge in [-0.3, -0.25) is 4.79 Å². The van der Waals surface area contributed by atoms with Crippen LogP contribution in [0.1, 0.15) is 37.7 Å². The van der Waals surface area contributed by atoms with Crippen molar-refractivity contribution in [1.82, 2.24) is 4.90 Å². The lowest BCUT2D eigenvalue weighted by Crippen LogP contribution is -2.47. The van der Waals surface area contributed by atoms with Gasteiger partial charge in [0.2, 0.25) is 5.91 Å². The third-order valence-electron chi connectivity index (χ3n) is 5.49. The van der Waals surface area contributed by atoms with E-state index in [0.29, 0.717) is 12.8 Å². The maximum atomic E-state index is 12.8. The van der Waals surface area contributed by atoms with E-state index in [0.717, 1.165) is 38.1 Å². The molecule has 0 radical (unpaired) electrons. The predicted molar refractivity (Wildman–Crippen MR) is 95.6 cm³/mol. The largest absolute Gasteiger partial charge is 0.490 e. The summed E-state index contributed by atoms with van der Waals surface area (Å²) in [5, 5.41) is 9.90. The molecule has 138 valence electrons. The van der Waals surface area contributed by atoms with Crippen LogP contribution in [0, 0.1) is 12.8 Å². The van der Waals surface area contributed by atoms with E-state index >= 15 is 0 Å². The van der Waals surface area contributed by atoms with Crippen LogP contribution in [0.3, 0.4) is 0 Å². The van der Waals surface area contributed by atoms with Crippen molar-refractivity contribution in [3.05, 3.63) is 29.8 Å². The number of likely N-dealkylation sites (tertiary alicyclic amines) is 1. The Labute approximate surface area is 149 Å². The molecular weight excluding hydrogens is 318 g/mol. The molecule has 1 aromatic rings. The molecule has 1 amide bonds. The standard InChI is InChI=1S/C20H29NO4/c1-14-3-6-16(7-4-14)25-17-9-11-21(12-10-17)20(23)15-5-8-18(22)19(13-15)24-2/h3-4,6-7,15,17-19,22H,5,8-13H2,1-2H3/t15-,18+,19-/m1/s1. The van der Waals surface area contributed by atoms with Crippen LogP contribution in [0.2, 0.25) is 0 Å². The van der Waals surface area contributed by atoms with Crippen LogP contribution in [0.5, 0.6) is 5.75 Å². The van der Waals surface area contributed by atoms with Gasteiger partial charge in [0.05, 0.1) is 12.2 Å².